The molecular formula is C46H64B3BrN2O10S2. The minimum atomic E-state index is -3.41. The van der Waals surface area contributed by atoms with Crippen LogP contribution < -0.4 is 14.9 Å². The van der Waals surface area contributed by atoms with Crippen molar-refractivity contribution in [3.63, 3.8) is 0 Å². The minimum absolute atomic E-state index is 0.00183. The molecular weight excluding hydrogens is 917 g/mol. The third-order valence-corrected chi connectivity index (χ3v) is 15.6. The lowest BCUT2D eigenvalue weighted by Crippen LogP contribution is -2.41. The van der Waals surface area contributed by atoms with Gasteiger partial charge in [0.05, 0.1) is 45.1 Å². The summed E-state index contributed by atoms with van der Waals surface area (Å²) in [6.07, 6.45) is 0. The van der Waals surface area contributed by atoms with E-state index in [0.717, 1.165) is 32.2 Å². The minimum Gasteiger partial charge on any atom is -0.405 e. The molecule has 346 valence electrons. The molecule has 0 unspecified atom stereocenters. The van der Waals surface area contributed by atoms with Crippen LogP contribution in [0.25, 0.3) is 0 Å². The molecule has 64 heavy (non-hydrogen) atoms. The topological polar surface area (TPSA) is 148 Å². The van der Waals surface area contributed by atoms with E-state index >= 15 is 0 Å². The second-order valence-corrected chi connectivity index (χ2v) is 23.9. The lowest BCUT2D eigenvalue weighted by molar-refractivity contribution is 0.00578. The van der Waals surface area contributed by atoms with Crippen molar-refractivity contribution in [2.24, 2.45) is 0 Å². The van der Waals surface area contributed by atoms with Crippen LogP contribution in [0, 0.1) is 0 Å². The molecule has 0 bridgehead atoms. The first-order chi connectivity index (χ1) is 29.5. The summed E-state index contributed by atoms with van der Waals surface area (Å²) in [6.45, 7) is 24.8. The van der Waals surface area contributed by atoms with Gasteiger partial charge in [0.25, 0.3) is 0 Å². The number of nitrogens with one attached hydrogen (secondary N) is 2. The Labute approximate surface area is 391 Å². The van der Waals surface area contributed by atoms with Gasteiger partial charge in [-0.1, -0.05) is 113 Å². The fraction of sp³-hybridized carbons (Fsp3) is 0.478. The third-order valence-electron chi connectivity index (χ3n) is 12.5. The molecule has 0 spiro atoms. The molecule has 12 nitrogen and oxygen atoms in total. The average molecular weight is 981 g/mol. The number of hydrogen-bond donors (Lipinski definition) is 2. The molecule has 18 heteroatoms. The van der Waals surface area contributed by atoms with Crippen LogP contribution in [0.5, 0.6) is 0 Å². The summed E-state index contributed by atoms with van der Waals surface area (Å²) < 4.78 is 90.7. The maximum atomic E-state index is 12.3. The molecule has 0 atom stereocenters. The largest absolute Gasteiger partial charge is 0.494 e. The number of benzene rings is 4. The molecule has 0 saturated carbocycles. The number of rotatable bonds is 12. The fourth-order valence-electron chi connectivity index (χ4n) is 6.55. The van der Waals surface area contributed by atoms with Crippen molar-refractivity contribution < 1.29 is 44.8 Å². The summed E-state index contributed by atoms with van der Waals surface area (Å²) in [5.74, 6) is -0.0351. The second-order valence-electron chi connectivity index (χ2n) is 19.3. The lowest BCUT2D eigenvalue weighted by Gasteiger charge is -2.32. The van der Waals surface area contributed by atoms with Gasteiger partial charge in [-0.25, -0.2) is 26.3 Å². The molecule has 3 heterocycles. The van der Waals surface area contributed by atoms with Crippen molar-refractivity contribution in [1.29, 1.82) is 0 Å². The van der Waals surface area contributed by atoms with Gasteiger partial charge in [0, 0.05) is 17.6 Å². The van der Waals surface area contributed by atoms with E-state index in [1.807, 2.05) is 168 Å². The highest BCUT2D eigenvalue weighted by Crippen LogP contribution is 2.43. The van der Waals surface area contributed by atoms with E-state index in [4.69, 9.17) is 27.9 Å². The quantitative estimate of drug-likeness (QED) is 0.134. The Balaban J connectivity index is 0.000000186. The molecule has 3 aliphatic rings. The van der Waals surface area contributed by atoms with E-state index in [1.165, 1.54) is 0 Å². The molecule has 4 aromatic carbocycles. The van der Waals surface area contributed by atoms with Crippen molar-refractivity contribution in [3.8, 4) is 0 Å². The Morgan fingerprint density at radius 1 is 0.438 bits per heavy atom. The lowest BCUT2D eigenvalue weighted by atomic mass is 9.49. The Kier molecular flexibility index (Phi) is 16.4. The number of sulfonamides is 2. The normalized spacial score (nSPS) is 20.2. The zero-order valence-corrected chi connectivity index (χ0v) is 42.4. The van der Waals surface area contributed by atoms with Crippen LogP contribution in [0.1, 0.15) is 105 Å². The van der Waals surface area contributed by atoms with Crippen LogP contribution in [0.15, 0.2) is 114 Å². The van der Waals surface area contributed by atoms with Gasteiger partial charge < -0.3 is 27.9 Å². The standard InChI is InChI=1S/C20H26BNO4S.C14H14BrNO2S.C12H24B2O4/c1-19(2)20(3,4)26-21(25-19)18-12-8-11-17(13-18)14-22-27(23,24)15-16-9-6-5-7-10-16;15-14-8-4-7-13(9-14)10-16-19(17,18)11-12-5-2-1-3-6-12;1-9(2)10(3,4)16-13(15-9)14-17-11(5,6)12(7,8)18-14/h5-13,22H,14-15H2,1-4H3;1-9,16H,10-11H2;1-8H3. The highest BCUT2D eigenvalue weighted by atomic mass is 79.9. The van der Waals surface area contributed by atoms with Gasteiger partial charge in [-0.2, -0.15) is 0 Å². The summed E-state index contributed by atoms with van der Waals surface area (Å²) in [4.78, 5) is 0. The maximum Gasteiger partial charge on any atom is 0.494 e. The first kappa shape index (κ1) is 52.1. The van der Waals surface area contributed by atoms with E-state index in [0.29, 0.717) is 6.54 Å². The molecule has 0 amide bonds. The van der Waals surface area contributed by atoms with E-state index in [9.17, 15) is 16.8 Å². The second kappa shape index (κ2) is 20.2. The van der Waals surface area contributed by atoms with Crippen LogP contribution in [0.2, 0.25) is 0 Å². The van der Waals surface area contributed by atoms with Gasteiger partial charge in [-0.15, -0.1) is 0 Å². The Bertz CT molecular complexity index is 2320. The van der Waals surface area contributed by atoms with Gasteiger partial charge in [0.1, 0.15) is 0 Å². The van der Waals surface area contributed by atoms with Crippen molar-refractivity contribution in [2.75, 3.05) is 0 Å². The maximum absolute atomic E-state index is 12.3. The van der Waals surface area contributed by atoms with Crippen LogP contribution in [0.4, 0.5) is 0 Å². The zero-order valence-electron chi connectivity index (χ0n) is 39.2. The summed E-state index contributed by atoms with van der Waals surface area (Å²) in [6, 6.07) is 33.5. The van der Waals surface area contributed by atoms with Gasteiger partial charge in [0.15, 0.2) is 0 Å². The molecule has 2 N–H and O–H groups in total. The van der Waals surface area contributed by atoms with E-state index < -0.39 is 52.4 Å². The van der Waals surface area contributed by atoms with Crippen LogP contribution >= 0.6 is 15.9 Å². The number of halogens is 1. The fourth-order valence-corrected chi connectivity index (χ4v) is 9.24. The van der Waals surface area contributed by atoms with E-state index in [2.05, 4.69) is 25.4 Å². The van der Waals surface area contributed by atoms with Gasteiger partial charge in [-0.3, -0.25) is 0 Å². The van der Waals surface area contributed by atoms with Crippen LogP contribution in [-0.2, 0) is 72.6 Å². The van der Waals surface area contributed by atoms with Gasteiger partial charge >= 0.3 is 21.1 Å². The SMILES string of the molecule is CC1(C)OB(B2OC(C)(C)C(C)(C)O2)OC1(C)C.CC1(C)OB(c2cccc(CNS(=O)(=O)Cc3ccccc3)c2)OC1(C)C.O=S(=O)(Cc1ccccc1)NCc1cccc(Br)c1. The molecule has 0 radical (unpaired) electrons. The molecule has 0 aromatic heterocycles. The monoisotopic (exact) mass is 980 g/mol. The first-order valence-corrected chi connectivity index (χ1v) is 25.5. The van der Waals surface area contributed by atoms with Crippen LogP contribution in [-0.4, -0.2) is 71.6 Å². The van der Waals surface area contributed by atoms with Crippen LogP contribution in [0.3, 0.4) is 0 Å². The third kappa shape index (κ3) is 13.8. The molecule has 3 aliphatic heterocycles. The first-order valence-electron chi connectivity index (χ1n) is 21.4. The van der Waals surface area contributed by atoms with E-state index in [1.54, 1.807) is 24.3 Å². The predicted molar refractivity (Wildman–Crippen MR) is 260 cm³/mol. The smallest absolute Gasteiger partial charge is 0.405 e. The van der Waals surface area contributed by atoms with Gasteiger partial charge in [-0.05, 0) is 123 Å². The van der Waals surface area contributed by atoms with Crippen molar-refractivity contribution in [2.45, 2.75) is 141 Å². The summed E-state index contributed by atoms with van der Waals surface area (Å²) in [7, 11) is -8.14. The van der Waals surface area contributed by atoms with E-state index in [-0.39, 0.29) is 40.5 Å². The van der Waals surface area contributed by atoms with Crippen molar-refractivity contribution in [3.05, 3.63) is 136 Å². The highest BCUT2D eigenvalue weighted by molar-refractivity contribution is 9.10. The average Bonchev–Trinajstić information content (AvgIpc) is 3.67. The number of hydrogen-bond acceptors (Lipinski definition) is 10. The molecule has 3 saturated heterocycles. The summed E-state index contributed by atoms with van der Waals surface area (Å²) in [5, 5.41) is 0. The Morgan fingerprint density at radius 3 is 1.14 bits per heavy atom. The molecule has 0 aliphatic carbocycles. The molecule has 7 rings (SSSR count). The van der Waals surface area contributed by atoms with Crippen molar-refractivity contribution in [1.82, 2.24) is 9.44 Å². The zero-order chi connectivity index (χ0) is 47.4. The summed E-state index contributed by atoms with van der Waals surface area (Å²) >= 11 is 3.36. The highest BCUT2D eigenvalue weighted by Gasteiger charge is 2.63. The molecule has 3 fully saturated rings. The van der Waals surface area contributed by atoms with Gasteiger partial charge in [0.2, 0.25) is 20.0 Å². The van der Waals surface area contributed by atoms with Crippen molar-refractivity contribution >= 4 is 62.6 Å². The summed E-state index contributed by atoms with van der Waals surface area (Å²) in [5.41, 5.74) is 1.94. The predicted octanol–water partition coefficient (Wildman–Crippen LogP) is 7.92. The Morgan fingerprint density at radius 2 is 0.766 bits per heavy atom. The molecule has 4 aromatic rings. The Hall–Kier alpha value is -2.87.